The lowest BCUT2D eigenvalue weighted by Crippen LogP contribution is -2.42. The molecule has 2 nitrogen and oxygen atoms in total. The summed E-state index contributed by atoms with van der Waals surface area (Å²) in [5, 5.41) is 0. The van der Waals surface area contributed by atoms with Crippen LogP contribution >= 0.6 is 0 Å². The van der Waals surface area contributed by atoms with Crippen molar-refractivity contribution in [2.45, 2.75) is 20.0 Å². The Balaban J connectivity index is 1.99. The number of hydrogen-bond acceptors (Lipinski definition) is 2. The third kappa shape index (κ3) is 3.37. The molecule has 0 spiro atoms. The minimum absolute atomic E-state index is 0.346. The molecule has 0 saturated carbocycles. The SMILES string of the molecule is CC(C)OC/C=C/C1CN(C)C1. The molecular weight excluding hydrogens is 150 g/mol. The summed E-state index contributed by atoms with van der Waals surface area (Å²) in [5.74, 6) is 0.769. The first kappa shape index (κ1) is 9.75. The van der Waals surface area contributed by atoms with Crippen molar-refractivity contribution in [2.75, 3.05) is 26.7 Å². The molecule has 0 aromatic rings. The maximum absolute atomic E-state index is 5.39. The van der Waals surface area contributed by atoms with Crippen LogP contribution in [-0.2, 0) is 4.74 Å². The molecule has 0 atom stereocenters. The van der Waals surface area contributed by atoms with Crippen molar-refractivity contribution >= 4 is 0 Å². The molecule has 0 radical (unpaired) electrons. The van der Waals surface area contributed by atoms with Crippen molar-refractivity contribution < 1.29 is 4.74 Å². The Morgan fingerprint density at radius 3 is 2.67 bits per heavy atom. The topological polar surface area (TPSA) is 12.5 Å². The van der Waals surface area contributed by atoms with Crippen LogP contribution in [0.25, 0.3) is 0 Å². The summed E-state index contributed by atoms with van der Waals surface area (Å²) in [6.07, 6.45) is 4.75. The largest absolute Gasteiger partial charge is 0.375 e. The Bertz CT molecular complexity index is 148. The van der Waals surface area contributed by atoms with Crippen LogP contribution in [0.5, 0.6) is 0 Å². The lowest BCUT2D eigenvalue weighted by Gasteiger charge is -2.34. The van der Waals surface area contributed by atoms with Gasteiger partial charge in [0.15, 0.2) is 0 Å². The van der Waals surface area contributed by atoms with Gasteiger partial charge in [-0.1, -0.05) is 12.2 Å². The van der Waals surface area contributed by atoms with Crippen molar-refractivity contribution in [1.29, 1.82) is 0 Å². The molecule has 1 saturated heterocycles. The zero-order chi connectivity index (χ0) is 8.97. The number of nitrogens with zero attached hydrogens (tertiary/aromatic N) is 1. The molecule has 1 aliphatic rings. The molecule has 0 bridgehead atoms. The summed E-state index contributed by atoms with van der Waals surface area (Å²) < 4.78 is 5.39. The van der Waals surface area contributed by atoms with Crippen LogP contribution in [-0.4, -0.2) is 37.7 Å². The Labute approximate surface area is 75.2 Å². The van der Waals surface area contributed by atoms with E-state index >= 15 is 0 Å². The highest BCUT2D eigenvalue weighted by atomic mass is 16.5. The van der Waals surface area contributed by atoms with Gasteiger partial charge in [-0.25, -0.2) is 0 Å². The summed E-state index contributed by atoms with van der Waals surface area (Å²) >= 11 is 0. The average Bonchev–Trinajstić information content (AvgIpc) is 1.93. The molecule has 0 amide bonds. The van der Waals surface area contributed by atoms with Gasteiger partial charge in [-0.05, 0) is 20.9 Å². The lowest BCUT2D eigenvalue weighted by atomic mass is 10.0. The molecule has 1 heterocycles. The summed E-state index contributed by atoms with van der Waals surface area (Å²) in [6, 6.07) is 0. The average molecular weight is 169 g/mol. The van der Waals surface area contributed by atoms with Gasteiger partial charge in [0.25, 0.3) is 0 Å². The van der Waals surface area contributed by atoms with Gasteiger partial charge >= 0.3 is 0 Å². The summed E-state index contributed by atoms with van der Waals surface area (Å²) in [5.41, 5.74) is 0. The zero-order valence-electron chi connectivity index (χ0n) is 8.29. The zero-order valence-corrected chi connectivity index (χ0v) is 8.29. The lowest BCUT2D eigenvalue weighted by molar-refractivity contribution is 0.101. The third-order valence-corrected chi connectivity index (χ3v) is 2.03. The second-order valence-corrected chi connectivity index (χ2v) is 3.79. The van der Waals surface area contributed by atoms with Crippen molar-refractivity contribution in [3.05, 3.63) is 12.2 Å². The van der Waals surface area contributed by atoms with Crippen molar-refractivity contribution in [2.24, 2.45) is 5.92 Å². The van der Waals surface area contributed by atoms with E-state index in [2.05, 4.69) is 37.9 Å². The van der Waals surface area contributed by atoms with E-state index in [0.29, 0.717) is 6.10 Å². The van der Waals surface area contributed by atoms with Gasteiger partial charge < -0.3 is 9.64 Å². The molecular formula is C10H19NO. The fourth-order valence-electron chi connectivity index (χ4n) is 1.36. The van der Waals surface area contributed by atoms with E-state index in [-0.39, 0.29) is 0 Å². The predicted molar refractivity (Wildman–Crippen MR) is 51.2 cm³/mol. The summed E-state index contributed by atoms with van der Waals surface area (Å²) in [6.45, 7) is 7.30. The fraction of sp³-hybridized carbons (Fsp3) is 0.800. The van der Waals surface area contributed by atoms with Crippen LogP contribution in [0.15, 0.2) is 12.2 Å². The first-order valence-electron chi connectivity index (χ1n) is 4.65. The van der Waals surface area contributed by atoms with Crippen LogP contribution < -0.4 is 0 Å². The summed E-state index contributed by atoms with van der Waals surface area (Å²) in [4.78, 5) is 2.32. The monoisotopic (exact) mass is 169 g/mol. The van der Waals surface area contributed by atoms with E-state index < -0.39 is 0 Å². The second-order valence-electron chi connectivity index (χ2n) is 3.79. The molecule has 2 heteroatoms. The normalized spacial score (nSPS) is 20.7. The molecule has 0 aliphatic carbocycles. The number of hydrogen-bond donors (Lipinski definition) is 0. The Morgan fingerprint density at radius 1 is 1.50 bits per heavy atom. The van der Waals surface area contributed by atoms with Crippen LogP contribution in [0.3, 0.4) is 0 Å². The third-order valence-electron chi connectivity index (χ3n) is 2.03. The molecule has 0 N–H and O–H groups in total. The quantitative estimate of drug-likeness (QED) is 0.592. The van der Waals surface area contributed by atoms with E-state index in [1.165, 1.54) is 13.1 Å². The molecule has 0 unspecified atom stereocenters. The van der Waals surface area contributed by atoms with Crippen molar-refractivity contribution in [3.63, 3.8) is 0 Å². The van der Waals surface area contributed by atoms with E-state index in [4.69, 9.17) is 4.74 Å². The number of rotatable bonds is 4. The van der Waals surface area contributed by atoms with Crippen LogP contribution in [0.1, 0.15) is 13.8 Å². The van der Waals surface area contributed by atoms with Crippen LogP contribution in [0.4, 0.5) is 0 Å². The molecule has 0 aromatic carbocycles. The Hall–Kier alpha value is -0.340. The molecule has 1 rings (SSSR count). The predicted octanol–water partition coefficient (Wildman–Crippen LogP) is 1.53. The molecule has 0 aromatic heterocycles. The van der Waals surface area contributed by atoms with Gasteiger partial charge in [-0.15, -0.1) is 0 Å². The first-order valence-corrected chi connectivity index (χ1v) is 4.65. The van der Waals surface area contributed by atoms with Gasteiger partial charge in [-0.2, -0.15) is 0 Å². The van der Waals surface area contributed by atoms with Gasteiger partial charge in [0.2, 0.25) is 0 Å². The van der Waals surface area contributed by atoms with Crippen LogP contribution in [0.2, 0.25) is 0 Å². The highest BCUT2D eigenvalue weighted by Gasteiger charge is 2.19. The van der Waals surface area contributed by atoms with Crippen molar-refractivity contribution in [1.82, 2.24) is 4.90 Å². The minimum atomic E-state index is 0.346. The highest BCUT2D eigenvalue weighted by Crippen LogP contribution is 2.13. The van der Waals surface area contributed by atoms with Crippen molar-refractivity contribution in [3.8, 4) is 0 Å². The summed E-state index contributed by atoms with van der Waals surface area (Å²) in [7, 11) is 2.15. The Morgan fingerprint density at radius 2 is 2.17 bits per heavy atom. The molecule has 1 aliphatic heterocycles. The molecule has 70 valence electrons. The van der Waals surface area contributed by atoms with Gasteiger partial charge in [0.1, 0.15) is 0 Å². The molecule has 1 fully saturated rings. The van der Waals surface area contributed by atoms with E-state index in [1.54, 1.807) is 0 Å². The van der Waals surface area contributed by atoms with E-state index in [0.717, 1.165) is 12.5 Å². The van der Waals surface area contributed by atoms with Gasteiger partial charge in [0.05, 0.1) is 12.7 Å². The van der Waals surface area contributed by atoms with E-state index in [9.17, 15) is 0 Å². The smallest absolute Gasteiger partial charge is 0.0651 e. The maximum Gasteiger partial charge on any atom is 0.0651 e. The number of likely N-dealkylation sites (tertiary alicyclic amines) is 1. The minimum Gasteiger partial charge on any atom is -0.375 e. The van der Waals surface area contributed by atoms with E-state index in [1.807, 2.05) is 0 Å². The first-order chi connectivity index (χ1) is 5.68. The van der Waals surface area contributed by atoms with Gasteiger partial charge in [0, 0.05) is 19.0 Å². The standard InChI is InChI=1S/C10H19NO/c1-9(2)12-6-4-5-10-7-11(3)8-10/h4-5,9-10H,6-8H2,1-3H3/b5-4+. The van der Waals surface area contributed by atoms with Gasteiger partial charge in [-0.3, -0.25) is 0 Å². The second kappa shape index (κ2) is 4.63. The molecule has 12 heavy (non-hydrogen) atoms. The number of ether oxygens (including phenoxy) is 1. The Kier molecular flexibility index (Phi) is 3.76. The van der Waals surface area contributed by atoms with Crippen LogP contribution in [0, 0.1) is 5.92 Å². The maximum atomic E-state index is 5.39. The highest BCUT2D eigenvalue weighted by molar-refractivity contribution is 4.95. The fourth-order valence-corrected chi connectivity index (χ4v) is 1.36.